The van der Waals surface area contributed by atoms with Gasteiger partial charge in [0.25, 0.3) is 11.8 Å². The van der Waals surface area contributed by atoms with Crippen molar-refractivity contribution < 1.29 is 24.3 Å². The van der Waals surface area contributed by atoms with Crippen LogP contribution in [0.25, 0.3) is 11.8 Å². The fraction of sp³-hybridized carbons (Fsp3) is 0.120. The van der Waals surface area contributed by atoms with Gasteiger partial charge in [0.15, 0.2) is 0 Å². The molecule has 1 aliphatic heterocycles. The van der Waals surface area contributed by atoms with Gasteiger partial charge in [-0.2, -0.15) is 0 Å². The third-order valence-electron chi connectivity index (χ3n) is 5.72. The number of amides is 4. The minimum atomic E-state index is -1.02. The molecule has 3 aromatic rings. The second kappa shape index (κ2) is 9.05. The number of hydrogen-bond donors (Lipinski definition) is 2. The minimum Gasteiger partial charge on any atom is -0.478 e. The lowest BCUT2D eigenvalue weighted by atomic mass is 10.1. The maximum atomic E-state index is 13.2. The summed E-state index contributed by atoms with van der Waals surface area (Å²) in [6.45, 7) is 5.47. The van der Waals surface area contributed by atoms with Crippen LogP contribution in [0.15, 0.2) is 48.0 Å². The van der Waals surface area contributed by atoms with E-state index in [0.717, 1.165) is 27.5 Å². The highest BCUT2D eigenvalue weighted by Gasteiger charge is 2.37. The highest BCUT2D eigenvalue weighted by Crippen LogP contribution is 2.30. The van der Waals surface area contributed by atoms with E-state index in [2.05, 4.69) is 5.32 Å². The Morgan fingerprint density at radius 2 is 1.69 bits per heavy atom. The number of carboxylic acids is 1. The summed E-state index contributed by atoms with van der Waals surface area (Å²) in [6.07, 6.45) is 1.43. The molecule has 2 aromatic carbocycles. The average molecular weight is 512 g/mol. The first-order chi connectivity index (χ1) is 16.5. The number of nitrogens with zero attached hydrogens (tertiary/aromatic N) is 2. The molecule has 2 N–H and O–H groups in total. The van der Waals surface area contributed by atoms with Crippen molar-refractivity contribution in [1.29, 1.82) is 0 Å². The molecule has 1 fully saturated rings. The summed E-state index contributed by atoms with van der Waals surface area (Å²) in [5, 5.41) is 11.8. The van der Waals surface area contributed by atoms with Crippen molar-refractivity contribution in [3.8, 4) is 5.69 Å². The Hall–Kier alpha value is -3.88. The molecule has 1 aromatic heterocycles. The molecule has 2 heterocycles. The summed E-state index contributed by atoms with van der Waals surface area (Å²) < 4.78 is 1.90. The molecular weight excluding hydrogens is 493 g/mol. The maximum Gasteiger partial charge on any atom is 0.335 e. The lowest BCUT2D eigenvalue weighted by Gasteiger charge is -2.26. The summed E-state index contributed by atoms with van der Waals surface area (Å²) in [5.74, 6) is -2.64. The number of halogens is 2. The molecule has 0 unspecified atom stereocenters. The van der Waals surface area contributed by atoms with Crippen LogP contribution >= 0.6 is 23.2 Å². The average Bonchev–Trinajstić information content (AvgIpc) is 3.06. The number of urea groups is 1. The highest BCUT2D eigenvalue weighted by atomic mass is 35.5. The largest absolute Gasteiger partial charge is 0.478 e. The zero-order valence-corrected chi connectivity index (χ0v) is 20.4. The number of benzene rings is 2. The summed E-state index contributed by atoms with van der Waals surface area (Å²) >= 11 is 12.0. The van der Waals surface area contributed by atoms with Crippen molar-refractivity contribution in [3.63, 3.8) is 0 Å². The number of rotatable bonds is 4. The first-order valence-electron chi connectivity index (χ1n) is 10.4. The first kappa shape index (κ1) is 24.3. The van der Waals surface area contributed by atoms with E-state index in [1.54, 1.807) is 25.1 Å². The fourth-order valence-electron chi connectivity index (χ4n) is 4.02. The molecule has 1 aliphatic rings. The number of carboxylic acid groups (broad SMARTS) is 1. The molecule has 10 heteroatoms. The Kier molecular flexibility index (Phi) is 6.27. The van der Waals surface area contributed by atoms with Gasteiger partial charge < -0.3 is 9.67 Å². The number of barbiturate groups is 1. The van der Waals surface area contributed by atoms with E-state index >= 15 is 0 Å². The van der Waals surface area contributed by atoms with E-state index in [1.807, 2.05) is 18.4 Å². The standard InChI is InChI=1S/C25H19Cl2N3O5/c1-12-8-15(24(33)34)4-7-21(12)29-13(2)9-16(14(29)3)10-18-22(31)28-25(35)30(23(18)32)17-5-6-19(26)20(27)11-17/h4-11H,1-3H3,(H,33,34)(H,28,31,35)/b18-10+. The smallest absolute Gasteiger partial charge is 0.335 e. The molecule has 178 valence electrons. The number of hydrogen-bond acceptors (Lipinski definition) is 4. The third kappa shape index (κ3) is 4.34. The van der Waals surface area contributed by atoms with Crippen molar-refractivity contribution in [2.45, 2.75) is 20.8 Å². The molecule has 4 amide bonds. The predicted octanol–water partition coefficient (Wildman–Crippen LogP) is 5.07. The number of anilines is 1. The summed E-state index contributed by atoms with van der Waals surface area (Å²) in [4.78, 5) is 50.4. The van der Waals surface area contributed by atoms with E-state index in [4.69, 9.17) is 23.2 Å². The molecule has 1 saturated heterocycles. The second-order valence-electron chi connectivity index (χ2n) is 8.02. The number of carbonyl (C=O) groups excluding carboxylic acids is 3. The zero-order valence-electron chi connectivity index (χ0n) is 18.8. The number of carbonyl (C=O) groups is 4. The van der Waals surface area contributed by atoms with Crippen molar-refractivity contribution in [2.75, 3.05) is 4.90 Å². The van der Waals surface area contributed by atoms with Crippen LogP contribution in [0.1, 0.15) is 32.9 Å². The van der Waals surface area contributed by atoms with Gasteiger partial charge in [-0.05, 0) is 80.4 Å². The molecule has 0 bridgehead atoms. The van der Waals surface area contributed by atoms with Crippen molar-refractivity contribution >= 4 is 58.8 Å². The summed E-state index contributed by atoms with van der Waals surface area (Å²) in [7, 11) is 0. The van der Waals surface area contributed by atoms with Gasteiger partial charge in [0.05, 0.1) is 21.3 Å². The van der Waals surface area contributed by atoms with Crippen molar-refractivity contribution in [1.82, 2.24) is 9.88 Å². The number of aromatic nitrogens is 1. The lowest BCUT2D eigenvalue weighted by molar-refractivity contribution is -0.122. The molecule has 8 nitrogen and oxygen atoms in total. The molecule has 0 aliphatic carbocycles. The van der Waals surface area contributed by atoms with Crippen LogP contribution in [-0.2, 0) is 9.59 Å². The molecule has 0 radical (unpaired) electrons. The lowest BCUT2D eigenvalue weighted by Crippen LogP contribution is -2.54. The van der Waals surface area contributed by atoms with Crippen LogP contribution in [0, 0.1) is 20.8 Å². The molecule has 0 saturated carbocycles. The highest BCUT2D eigenvalue weighted by molar-refractivity contribution is 6.43. The first-order valence-corrected chi connectivity index (χ1v) is 11.1. The molecular formula is C25H19Cl2N3O5. The minimum absolute atomic E-state index is 0.153. The van der Waals surface area contributed by atoms with Gasteiger partial charge in [-0.25, -0.2) is 14.5 Å². The van der Waals surface area contributed by atoms with Crippen LogP contribution in [0.3, 0.4) is 0 Å². The SMILES string of the molecule is Cc1cc(C(=O)O)ccc1-n1c(C)cc(/C=C2\C(=O)NC(=O)N(c3ccc(Cl)c(Cl)c3)C2=O)c1C. The van der Waals surface area contributed by atoms with Gasteiger partial charge in [0.2, 0.25) is 0 Å². The Balaban J connectivity index is 1.77. The topological polar surface area (TPSA) is 109 Å². The Morgan fingerprint density at radius 1 is 0.971 bits per heavy atom. The molecule has 35 heavy (non-hydrogen) atoms. The Morgan fingerprint density at radius 3 is 2.31 bits per heavy atom. The third-order valence-corrected chi connectivity index (χ3v) is 6.46. The Bertz CT molecular complexity index is 1470. The van der Waals surface area contributed by atoms with Gasteiger partial charge >= 0.3 is 12.0 Å². The quantitative estimate of drug-likeness (QED) is 0.375. The number of aryl methyl sites for hydroxylation is 2. The van der Waals surface area contributed by atoms with E-state index < -0.39 is 23.8 Å². The second-order valence-corrected chi connectivity index (χ2v) is 8.84. The van der Waals surface area contributed by atoms with E-state index in [1.165, 1.54) is 30.3 Å². The normalized spacial score (nSPS) is 15.1. The predicted molar refractivity (Wildman–Crippen MR) is 132 cm³/mol. The van der Waals surface area contributed by atoms with Crippen molar-refractivity contribution in [3.05, 3.63) is 86.2 Å². The maximum absolute atomic E-state index is 13.2. The van der Waals surface area contributed by atoms with Gasteiger partial charge in [-0.3, -0.25) is 14.9 Å². The summed E-state index contributed by atoms with van der Waals surface area (Å²) in [5.41, 5.74) is 3.74. The van der Waals surface area contributed by atoms with E-state index in [9.17, 15) is 24.3 Å². The van der Waals surface area contributed by atoms with E-state index in [0.29, 0.717) is 5.56 Å². The van der Waals surface area contributed by atoms with E-state index in [-0.39, 0.29) is 26.9 Å². The molecule has 4 rings (SSSR count). The Labute approximate surface area is 210 Å². The van der Waals surface area contributed by atoms with Gasteiger partial charge in [0, 0.05) is 17.1 Å². The number of imide groups is 2. The molecule has 0 spiro atoms. The van der Waals surface area contributed by atoms with Crippen molar-refractivity contribution in [2.24, 2.45) is 0 Å². The van der Waals surface area contributed by atoms with Gasteiger partial charge in [-0.15, -0.1) is 0 Å². The number of nitrogens with one attached hydrogen (secondary N) is 1. The van der Waals surface area contributed by atoms with Crippen LogP contribution in [0.2, 0.25) is 10.0 Å². The summed E-state index contributed by atoms with van der Waals surface area (Å²) in [6, 6.07) is 9.97. The van der Waals surface area contributed by atoms with Crippen LogP contribution in [0.4, 0.5) is 10.5 Å². The van der Waals surface area contributed by atoms with Gasteiger partial charge in [-0.1, -0.05) is 23.2 Å². The fourth-order valence-corrected chi connectivity index (χ4v) is 4.31. The molecule has 0 atom stereocenters. The van der Waals surface area contributed by atoms with Gasteiger partial charge in [0.1, 0.15) is 5.57 Å². The monoisotopic (exact) mass is 511 g/mol. The zero-order chi connectivity index (χ0) is 25.6. The number of aromatic carboxylic acids is 1. The van der Waals surface area contributed by atoms with Crippen LogP contribution < -0.4 is 10.2 Å². The van der Waals surface area contributed by atoms with Crippen LogP contribution in [0.5, 0.6) is 0 Å². The van der Waals surface area contributed by atoms with Crippen LogP contribution in [-0.4, -0.2) is 33.5 Å².